The monoisotopic (exact) mass is 296 g/mol. The van der Waals surface area contributed by atoms with Gasteiger partial charge in [-0.3, -0.25) is 4.79 Å². The van der Waals surface area contributed by atoms with Gasteiger partial charge in [-0.1, -0.05) is 0 Å². The Morgan fingerprint density at radius 3 is 3.10 bits per heavy atom. The van der Waals surface area contributed by atoms with Gasteiger partial charge in [0, 0.05) is 30.3 Å². The largest absolute Gasteiger partial charge is 0.481 e. The van der Waals surface area contributed by atoms with Gasteiger partial charge in [-0.2, -0.15) is 11.8 Å². The summed E-state index contributed by atoms with van der Waals surface area (Å²) < 4.78 is 4.69. The number of anilines is 1. The van der Waals surface area contributed by atoms with Gasteiger partial charge in [-0.15, -0.1) is 0 Å². The summed E-state index contributed by atoms with van der Waals surface area (Å²) in [6.07, 6.45) is 1.61. The molecular weight excluding hydrogens is 280 g/mol. The summed E-state index contributed by atoms with van der Waals surface area (Å²) in [6, 6.07) is 3.13. The molecule has 0 saturated carbocycles. The number of methoxy groups -OCH3 is 1. The summed E-state index contributed by atoms with van der Waals surface area (Å²) in [5, 5.41) is 8.98. The molecule has 2 rings (SSSR count). The average Bonchev–Trinajstić information content (AvgIpc) is 2.46. The topological polar surface area (TPSA) is 79.7 Å². The molecule has 2 heterocycles. The van der Waals surface area contributed by atoms with Gasteiger partial charge in [0.25, 0.3) is 0 Å². The SMILES string of the molecule is COC(=O)c1ccnc(N2CCSCC2CC(=O)O)c1. The maximum Gasteiger partial charge on any atom is 0.338 e. The molecule has 1 atom stereocenters. The summed E-state index contributed by atoms with van der Waals surface area (Å²) in [5.41, 5.74) is 0.421. The summed E-state index contributed by atoms with van der Waals surface area (Å²) in [6.45, 7) is 0.722. The Bertz CT molecular complexity index is 509. The van der Waals surface area contributed by atoms with Crippen LogP contribution in [0.2, 0.25) is 0 Å². The number of pyridine rings is 1. The zero-order chi connectivity index (χ0) is 14.5. The Morgan fingerprint density at radius 1 is 1.60 bits per heavy atom. The van der Waals surface area contributed by atoms with Crippen molar-refractivity contribution in [3.8, 4) is 0 Å². The number of ether oxygens (including phenoxy) is 1. The molecule has 0 spiro atoms. The fourth-order valence-electron chi connectivity index (χ4n) is 2.15. The van der Waals surface area contributed by atoms with Crippen LogP contribution < -0.4 is 4.90 Å². The van der Waals surface area contributed by atoms with Gasteiger partial charge in [0.05, 0.1) is 19.1 Å². The lowest BCUT2D eigenvalue weighted by atomic mass is 10.1. The predicted molar refractivity (Wildman–Crippen MR) is 76.3 cm³/mol. The maximum atomic E-state index is 11.5. The predicted octanol–water partition coefficient (Wildman–Crippen LogP) is 1.26. The van der Waals surface area contributed by atoms with Crippen LogP contribution in [0.25, 0.3) is 0 Å². The minimum Gasteiger partial charge on any atom is -0.481 e. The smallest absolute Gasteiger partial charge is 0.338 e. The Hall–Kier alpha value is -1.76. The molecule has 1 fully saturated rings. The van der Waals surface area contributed by atoms with Crippen LogP contribution in [0.5, 0.6) is 0 Å². The molecule has 0 aliphatic carbocycles. The number of nitrogens with zero attached hydrogens (tertiary/aromatic N) is 2. The van der Waals surface area contributed by atoms with Crippen molar-refractivity contribution in [1.29, 1.82) is 0 Å². The van der Waals surface area contributed by atoms with Crippen molar-refractivity contribution in [3.63, 3.8) is 0 Å². The summed E-state index contributed by atoms with van der Waals surface area (Å²) >= 11 is 1.73. The van der Waals surface area contributed by atoms with Crippen LogP contribution in [0, 0.1) is 0 Å². The Labute approximate surface area is 121 Å². The number of hydrogen-bond donors (Lipinski definition) is 1. The Morgan fingerprint density at radius 2 is 2.40 bits per heavy atom. The van der Waals surface area contributed by atoms with E-state index in [1.165, 1.54) is 7.11 Å². The molecule has 6 nitrogen and oxygen atoms in total. The van der Waals surface area contributed by atoms with Gasteiger partial charge in [-0.25, -0.2) is 9.78 Å². The molecule has 0 amide bonds. The second-order valence-corrected chi connectivity index (χ2v) is 5.56. The van der Waals surface area contributed by atoms with Gasteiger partial charge < -0.3 is 14.7 Å². The molecule has 1 aromatic rings. The van der Waals surface area contributed by atoms with E-state index in [9.17, 15) is 9.59 Å². The first-order valence-electron chi connectivity index (χ1n) is 6.22. The quantitative estimate of drug-likeness (QED) is 0.838. The van der Waals surface area contributed by atoms with Crippen molar-refractivity contribution in [1.82, 2.24) is 4.98 Å². The molecule has 1 saturated heterocycles. The number of carbonyl (C=O) groups is 2. The number of carboxylic acid groups (broad SMARTS) is 1. The highest BCUT2D eigenvalue weighted by Crippen LogP contribution is 2.25. The van der Waals surface area contributed by atoms with E-state index in [0.717, 1.165) is 18.1 Å². The summed E-state index contributed by atoms with van der Waals surface area (Å²) in [7, 11) is 1.33. The lowest BCUT2D eigenvalue weighted by Gasteiger charge is -2.35. The molecule has 108 valence electrons. The van der Waals surface area contributed by atoms with Crippen LogP contribution in [-0.4, -0.2) is 53.2 Å². The molecule has 0 bridgehead atoms. The third-order valence-corrected chi connectivity index (χ3v) is 4.19. The number of carbonyl (C=O) groups excluding carboxylic acids is 1. The molecule has 20 heavy (non-hydrogen) atoms. The second-order valence-electron chi connectivity index (χ2n) is 4.41. The third kappa shape index (κ3) is 3.41. The zero-order valence-electron chi connectivity index (χ0n) is 11.1. The van der Waals surface area contributed by atoms with Crippen molar-refractivity contribution in [2.24, 2.45) is 0 Å². The number of hydrogen-bond acceptors (Lipinski definition) is 6. The minimum atomic E-state index is -0.827. The standard InChI is InChI=1S/C13H16N2O4S/c1-19-13(18)9-2-3-14-11(6-9)15-4-5-20-8-10(15)7-12(16)17/h2-3,6,10H,4-5,7-8H2,1H3,(H,16,17). The van der Waals surface area contributed by atoms with Crippen LogP contribution in [-0.2, 0) is 9.53 Å². The van der Waals surface area contributed by atoms with Crippen molar-refractivity contribution in [2.45, 2.75) is 12.5 Å². The number of aromatic nitrogens is 1. The number of aliphatic carboxylic acids is 1. The van der Waals surface area contributed by atoms with E-state index >= 15 is 0 Å². The van der Waals surface area contributed by atoms with Crippen LogP contribution in [0.3, 0.4) is 0 Å². The normalized spacial score (nSPS) is 18.6. The van der Waals surface area contributed by atoms with Crippen molar-refractivity contribution >= 4 is 29.5 Å². The first-order chi connectivity index (χ1) is 9.61. The van der Waals surface area contributed by atoms with Gasteiger partial charge in [0.15, 0.2) is 0 Å². The highest BCUT2D eigenvalue weighted by molar-refractivity contribution is 7.99. The van der Waals surface area contributed by atoms with E-state index in [1.807, 2.05) is 4.90 Å². The fourth-order valence-corrected chi connectivity index (χ4v) is 3.21. The van der Waals surface area contributed by atoms with Crippen LogP contribution in [0.1, 0.15) is 16.8 Å². The van der Waals surface area contributed by atoms with Crippen molar-refractivity contribution in [3.05, 3.63) is 23.9 Å². The number of carboxylic acids is 1. The second kappa shape index (κ2) is 6.60. The molecule has 7 heteroatoms. The summed E-state index contributed by atoms with van der Waals surface area (Å²) in [4.78, 5) is 28.7. The molecule has 0 radical (unpaired) electrons. The molecule has 1 unspecified atom stereocenters. The van der Waals surface area contributed by atoms with E-state index in [0.29, 0.717) is 11.4 Å². The lowest BCUT2D eigenvalue weighted by Crippen LogP contribution is -2.44. The fraction of sp³-hybridized carbons (Fsp3) is 0.462. The van der Waals surface area contributed by atoms with E-state index in [-0.39, 0.29) is 12.5 Å². The lowest BCUT2D eigenvalue weighted by molar-refractivity contribution is -0.137. The number of rotatable bonds is 4. The Balaban J connectivity index is 2.23. The number of esters is 1. The highest BCUT2D eigenvalue weighted by Gasteiger charge is 2.26. The van der Waals surface area contributed by atoms with E-state index < -0.39 is 11.9 Å². The van der Waals surface area contributed by atoms with E-state index in [1.54, 1.807) is 30.1 Å². The first-order valence-corrected chi connectivity index (χ1v) is 7.38. The average molecular weight is 296 g/mol. The van der Waals surface area contributed by atoms with Gasteiger partial charge in [-0.05, 0) is 12.1 Å². The highest BCUT2D eigenvalue weighted by atomic mass is 32.2. The van der Waals surface area contributed by atoms with Gasteiger partial charge >= 0.3 is 11.9 Å². The molecule has 1 N–H and O–H groups in total. The van der Waals surface area contributed by atoms with Crippen molar-refractivity contribution in [2.75, 3.05) is 30.1 Å². The molecule has 1 aliphatic rings. The summed E-state index contributed by atoms with van der Waals surface area (Å²) in [5.74, 6) is 1.04. The Kier molecular flexibility index (Phi) is 4.84. The third-order valence-electron chi connectivity index (χ3n) is 3.10. The maximum absolute atomic E-state index is 11.5. The molecule has 1 aromatic heterocycles. The van der Waals surface area contributed by atoms with Crippen LogP contribution in [0.4, 0.5) is 5.82 Å². The van der Waals surface area contributed by atoms with Crippen molar-refractivity contribution < 1.29 is 19.4 Å². The minimum absolute atomic E-state index is 0.0666. The van der Waals surface area contributed by atoms with Gasteiger partial charge in [0.2, 0.25) is 0 Å². The molecule has 0 aromatic carbocycles. The van der Waals surface area contributed by atoms with Crippen LogP contribution in [0.15, 0.2) is 18.3 Å². The van der Waals surface area contributed by atoms with Gasteiger partial charge in [0.1, 0.15) is 5.82 Å². The van der Waals surface area contributed by atoms with E-state index in [2.05, 4.69) is 9.72 Å². The molecule has 1 aliphatic heterocycles. The number of thioether (sulfide) groups is 1. The van der Waals surface area contributed by atoms with Crippen LogP contribution >= 0.6 is 11.8 Å². The molecular formula is C13H16N2O4S. The first kappa shape index (κ1) is 14.6. The zero-order valence-corrected chi connectivity index (χ0v) is 11.9. The van der Waals surface area contributed by atoms with E-state index in [4.69, 9.17) is 5.11 Å².